The molecule has 0 fully saturated rings. The molecule has 0 unspecified atom stereocenters. The van der Waals surface area contributed by atoms with Gasteiger partial charge in [0.05, 0.1) is 5.69 Å². The average molecular weight is 311 g/mol. The Labute approximate surface area is 113 Å². The third kappa shape index (κ3) is 2.51. The lowest BCUT2D eigenvalue weighted by Crippen LogP contribution is -1.97. The van der Waals surface area contributed by atoms with Crippen LogP contribution in [0.15, 0.2) is 22.9 Å². The summed E-state index contributed by atoms with van der Waals surface area (Å²) in [5, 5.41) is 0. The Balaban J connectivity index is 2.37. The van der Waals surface area contributed by atoms with E-state index in [0.29, 0.717) is 5.75 Å². The van der Waals surface area contributed by atoms with E-state index in [1.807, 2.05) is 26.0 Å². The molecule has 1 aromatic carbocycles. The minimum atomic E-state index is -0.532. The van der Waals surface area contributed by atoms with Gasteiger partial charge in [-0.15, -0.1) is 0 Å². The van der Waals surface area contributed by atoms with Crippen molar-refractivity contribution in [1.82, 2.24) is 9.97 Å². The summed E-state index contributed by atoms with van der Waals surface area (Å²) in [6.07, 6.45) is 1.28. The molecule has 5 heteroatoms. The van der Waals surface area contributed by atoms with Crippen LogP contribution in [0.2, 0.25) is 0 Å². The quantitative estimate of drug-likeness (QED) is 0.837. The molecule has 0 spiro atoms. The minimum absolute atomic E-state index is 0.0522. The predicted octanol–water partition coefficient (Wildman–Crippen LogP) is 4.10. The number of benzene rings is 1. The van der Waals surface area contributed by atoms with Crippen LogP contribution in [0, 0.1) is 26.6 Å². The molecule has 0 N–H and O–H groups in total. The van der Waals surface area contributed by atoms with Gasteiger partial charge in [-0.05, 0) is 44.0 Å². The predicted molar refractivity (Wildman–Crippen MR) is 70.4 cm³/mol. The summed E-state index contributed by atoms with van der Waals surface area (Å²) in [7, 11) is 0. The summed E-state index contributed by atoms with van der Waals surface area (Å²) in [4.78, 5) is 7.55. The first-order chi connectivity index (χ1) is 8.49. The molecule has 18 heavy (non-hydrogen) atoms. The minimum Gasteiger partial charge on any atom is -0.436 e. The Morgan fingerprint density at radius 1 is 1.11 bits per heavy atom. The number of ether oxygens (including phenoxy) is 1. The molecule has 94 valence electrons. The molecule has 2 aromatic rings. The molecule has 2 rings (SSSR count). The van der Waals surface area contributed by atoms with Crippen LogP contribution in [-0.2, 0) is 0 Å². The molecule has 0 aliphatic carbocycles. The maximum Gasteiger partial charge on any atom is 0.259 e. The molecule has 0 saturated heterocycles. The number of aromatic nitrogens is 2. The molecule has 0 saturated carbocycles. The van der Waals surface area contributed by atoms with Crippen LogP contribution in [0.3, 0.4) is 0 Å². The Bertz CT molecular complexity index is 579. The van der Waals surface area contributed by atoms with Crippen LogP contribution in [0.25, 0.3) is 0 Å². The van der Waals surface area contributed by atoms with Crippen LogP contribution in [0.5, 0.6) is 11.6 Å². The Morgan fingerprint density at radius 3 is 2.33 bits per heavy atom. The maximum atomic E-state index is 13.7. The van der Waals surface area contributed by atoms with Crippen molar-refractivity contribution in [1.29, 1.82) is 0 Å². The zero-order chi connectivity index (χ0) is 13.3. The lowest BCUT2D eigenvalue weighted by molar-refractivity contribution is 0.416. The van der Waals surface area contributed by atoms with E-state index in [0.717, 1.165) is 15.6 Å². The molecule has 1 heterocycles. The number of aryl methyl sites for hydroxylation is 3. The third-order valence-electron chi connectivity index (χ3n) is 2.56. The number of halogens is 2. The lowest BCUT2D eigenvalue weighted by Gasteiger charge is -2.09. The first-order valence-corrected chi connectivity index (χ1v) is 6.20. The molecule has 0 radical (unpaired) electrons. The van der Waals surface area contributed by atoms with Gasteiger partial charge in [0, 0.05) is 4.47 Å². The van der Waals surface area contributed by atoms with Crippen molar-refractivity contribution in [3.05, 3.63) is 45.6 Å². The van der Waals surface area contributed by atoms with Crippen molar-refractivity contribution in [2.75, 3.05) is 0 Å². The number of nitrogens with zero attached hydrogens (tertiary/aromatic N) is 2. The van der Waals surface area contributed by atoms with Gasteiger partial charge >= 0.3 is 0 Å². The van der Waals surface area contributed by atoms with Crippen LogP contribution in [0.4, 0.5) is 4.39 Å². The summed E-state index contributed by atoms with van der Waals surface area (Å²) in [5.74, 6) is -0.0236. The number of hydrogen-bond acceptors (Lipinski definition) is 3. The van der Waals surface area contributed by atoms with Gasteiger partial charge in [0.1, 0.15) is 12.1 Å². The molecule has 1 aromatic heterocycles. The van der Waals surface area contributed by atoms with E-state index < -0.39 is 5.82 Å². The van der Waals surface area contributed by atoms with Gasteiger partial charge in [-0.2, -0.15) is 9.37 Å². The topological polar surface area (TPSA) is 35.0 Å². The number of hydrogen-bond donors (Lipinski definition) is 0. The van der Waals surface area contributed by atoms with Gasteiger partial charge in [-0.1, -0.05) is 15.9 Å². The summed E-state index contributed by atoms with van der Waals surface area (Å²) in [6, 6.07) is 3.65. The standard InChI is InChI=1S/C13H12BrFN2O/c1-7-4-10(5-8(2)11(7)14)18-13-12(15)9(3)16-6-17-13/h4-6H,1-3H3. The fourth-order valence-electron chi connectivity index (χ4n) is 1.58. The zero-order valence-corrected chi connectivity index (χ0v) is 11.9. The summed E-state index contributed by atoms with van der Waals surface area (Å²) >= 11 is 3.47. The van der Waals surface area contributed by atoms with Crippen molar-refractivity contribution < 1.29 is 9.13 Å². The first kappa shape index (κ1) is 13.0. The Hall–Kier alpha value is -1.49. The molecule has 0 amide bonds. The largest absolute Gasteiger partial charge is 0.436 e. The van der Waals surface area contributed by atoms with Crippen molar-refractivity contribution in [3.63, 3.8) is 0 Å². The van der Waals surface area contributed by atoms with E-state index in [2.05, 4.69) is 25.9 Å². The molecular formula is C13H12BrFN2O. The van der Waals surface area contributed by atoms with Crippen LogP contribution < -0.4 is 4.74 Å². The molecule has 0 bridgehead atoms. The van der Waals surface area contributed by atoms with Gasteiger partial charge in [0.25, 0.3) is 5.88 Å². The van der Waals surface area contributed by atoms with Crippen molar-refractivity contribution >= 4 is 15.9 Å². The van der Waals surface area contributed by atoms with Crippen molar-refractivity contribution in [2.24, 2.45) is 0 Å². The number of rotatable bonds is 2. The Morgan fingerprint density at radius 2 is 1.72 bits per heavy atom. The van der Waals surface area contributed by atoms with Gasteiger partial charge in [-0.3, -0.25) is 0 Å². The molecule has 0 atom stereocenters. The van der Waals surface area contributed by atoms with Crippen LogP contribution in [-0.4, -0.2) is 9.97 Å². The zero-order valence-electron chi connectivity index (χ0n) is 10.3. The SMILES string of the molecule is Cc1cc(Oc2ncnc(C)c2F)cc(C)c1Br. The van der Waals surface area contributed by atoms with Gasteiger partial charge in [0.2, 0.25) is 5.82 Å². The fraction of sp³-hybridized carbons (Fsp3) is 0.231. The maximum absolute atomic E-state index is 13.7. The Kier molecular flexibility index (Phi) is 3.61. The molecular weight excluding hydrogens is 299 g/mol. The van der Waals surface area contributed by atoms with E-state index in [-0.39, 0.29) is 11.6 Å². The van der Waals surface area contributed by atoms with Gasteiger partial charge in [0.15, 0.2) is 0 Å². The first-order valence-electron chi connectivity index (χ1n) is 5.40. The van der Waals surface area contributed by atoms with E-state index in [1.54, 1.807) is 6.92 Å². The lowest BCUT2D eigenvalue weighted by atomic mass is 10.1. The third-order valence-corrected chi connectivity index (χ3v) is 3.81. The van der Waals surface area contributed by atoms with Crippen molar-refractivity contribution in [2.45, 2.75) is 20.8 Å². The second-order valence-corrected chi connectivity index (χ2v) is 4.84. The monoisotopic (exact) mass is 310 g/mol. The summed E-state index contributed by atoms with van der Waals surface area (Å²) in [6.45, 7) is 5.47. The highest BCUT2D eigenvalue weighted by molar-refractivity contribution is 9.10. The van der Waals surface area contributed by atoms with E-state index in [4.69, 9.17) is 4.74 Å². The highest BCUT2D eigenvalue weighted by Crippen LogP contribution is 2.29. The summed E-state index contributed by atoms with van der Waals surface area (Å²) in [5.41, 5.74) is 2.32. The van der Waals surface area contributed by atoms with Gasteiger partial charge < -0.3 is 4.74 Å². The van der Waals surface area contributed by atoms with Crippen LogP contribution in [0.1, 0.15) is 16.8 Å². The second-order valence-electron chi connectivity index (χ2n) is 4.05. The average Bonchev–Trinajstić information content (AvgIpc) is 2.32. The fourth-order valence-corrected chi connectivity index (χ4v) is 1.81. The van der Waals surface area contributed by atoms with Crippen LogP contribution >= 0.6 is 15.9 Å². The van der Waals surface area contributed by atoms with E-state index in [1.165, 1.54) is 6.33 Å². The molecule has 0 aliphatic rings. The normalized spacial score (nSPS) is 10.5. The highest BCUT2D eigenvalue weighted by Gasteiger charge is 2.11. The van der Waals surface area contributed by atoms with E-state index in [9.17, 15) is 4.39 Å². The smallest absolute Gasteiger partial charge is 0.259 e. The van der Waals surface area contributed by atoms with E-state index >= 15 is 0 Å². The highest BCUT2D eigenvalue weighted by atomic mass is 79.9. The summed E-state index contributed by atoms with van der Waals surface area (Å²) < 4.78 is 20.2. The van der Waals surface area contributed by atoms with Gasteiger partial charge in [-0.25, -0.2) is 4.98 Å². The molecule has 0 aliphatic heterocycles. The van der Waals surface area contributed by atoms with Crippen molar-refractivity contribution in [3.8, 4) is 11.6 Å². The molecule has 3 nitrogen and oxygen atoms in total. The second kappa shape index (κ2) is 5.02.